The summed E-state index contributed by atoms with van der Waals surface area (Å²) in [5.41, 5.74) is 2.20. The van der Waals surface area contributed by atoms with Crippen LogP contribution in [0.1, 0.15) is 12.0 Å². The lowest BCUT2D eigenvalue weighted by Gasteiger charge is -2.05. The number of nitrogens with one attached hydrogen (secondary N) is 1. The molecule has 0 aliphatic heterocycles. The number of aryl methyl sites for hydroxylation is 1. The minimum Gasteiger partial charge on any atom is -0.463 e. The molecule has 0 saturated heterocycles. The zero-order chi connectivity index (χ0) is 12.5. The van der Waals surface area contributed by atoms with Crippen LogP contribution in [0.2, 0.25) is 0 Å². The van der Waals surface area contributed by atoms with E-state index < -0.39 is 0 Å². The van der Waals surface area contributed by atoms with E-state index in [0.717, 1.165) is 11.3 Å². The van der Waals surface area contributed by atoms with Gasteiger partial charge in [0.1, 0.15) is 6.61 Å². The second kappa shape index (κ2) is 7.68. The number of ether oxygens (including phenoxy) is 2. The highest BCUT2D eigenvalue weighted by atomic mass is 16.6. The fraction of sp³-hybridized carbons (Fsp3) is 0.462. The highest BCUT2D eigenvalue weighted by molar-refractivity contribution is 5.69. The monoisotopic (exact) mass is 237 g/mol. The van der Waals surface area contributed by atoms with Gasteiger partial charge in [0.15, 0.2) is 0 Å². The number of rotatable bonds is 7. The molecule has 0 aliphatic rings. The van der Waals surface area contributed by atoms with Crippen molar-refractivity contribution in [2.45, 2.75) is 12.8 Å². The van der Waals surface area contributed by atoms with Crippen molar-refractivity contribution in [3.05, 3.63) is 29.8 Å². The molecule has 0 aromatic heterocycles. The van der Waals surface area contributed by atoms with Crippen molar-refractivity contribution in [1.29, 1.82) is 0 Å². The average Bonchev–Trinajstić information content (AvgIpc) is 2.37. The maximum absolute atomic E-state index is 11.3. The van der Waals surface area contributed by atoms with Crippen molar-refractivity contribution in [3.8, 4) is 0 Å². The number of carbonyl (C=O) groups excluding carboxylic acids is 1. The summed E-state index contributed by atoms with van der Waals surface area (Å²) in [6.07, 6.45) is 1.11. The lowest BCUT2D eigenvalue weighted by molar-refractivity contribution is -0.144. The summed E-state index contributed by atoms with van der Waals surface area (Å²) < 4.78 is 9.77. The first kappa shape index (κ1) is 13.5. The van der Waals surface area contributed by atoms with Crippen LogP contribution in [0.3, 0.4) is 0 Å². The van der Waals surface area contributed by atoms with E-state index in [2.05, 4.69) is 5.32 Å². The minimum absolute atomic E-state index is 0.181. The third-order valence-corrected chi connectivity index (χ3v) is 2.41. The van der Waals surface area contributed by atoms with Crippen molar-refractivity contribution in [1.82, 2.24) is 0 Å². The number of methoxy groups -OCH3 is 1. The zero-order valence-electron chi connectivity index (χ0n) is 10.4. The van der Waals surface area contributed by atoms with Crippen molar-refractivity contribution in [2.24, 2.45) is 0 Å². The first-order valence-corrected chi connectivity index (χ1v) is 5.67. The number of esters is 1. The molecule has 17 heavy (non-hydrogen) atoms. The van der Waals surface area contributed by atoms with E-state index in [-0.39, 0.29) is 5.97 Å². The second-order valence-corrected chi connectivity index (χ2v) is 3.66. The Morgan fingerprint density at radius 1 is 1.24 bits per heavy atom. The van der Waals surface area contributed by atoms with E-state index in [1.165, 1.54) is 0 Å². The molecule has 4 nitrogen and oxygen atoms in total. The van der Waals surface area contributed by atoms with Gasteiger partial charge in [-0.15, -0.1) is 0 Å². The van der Waals surface area contributed by atoms with Gasteiger partial charge in [0, 0.05) is 26.3 Å². The van der Waals surface area contributed by atoms with Crippen LogP contribution in [-0.4, -0.2) is 33.3 Å². The van der Waals surface area contributed by atoms with Crippen LogP contribution >= 0.6 is 0 Å². The van der Waals surface area contributed by atoms with Crippen LogP contribution in [0.4, 0.5) is 5.69 Å². The molecule has 1 rings (SSSR count). The SMILES string of the molecule is CNc1ccc(CCC(=O)OCCOC)cc1. The smallest absolute Gasteiger partial charge is 0.306 e. The van der Waals surface area contributed by atoms with Gasteiger partial charge in [0.2, 0.25) is 0 Å². The normalized spacial score (nSPS) is 10.0. The van der Waals surface area contributed by atoms with Gasteiger partial charge < -0.3 is 14.8 Å². The van der Waals surface area contributed by atoms with Crippen LogP contribution in [0.5, 0.6) is 0 Å². The molecule has 0 saturated carbocycles. The van der Waals surface area contributed by atoms with E-state index in [9.17, 15) is 4.79 Å². The van der Waals surface area contributed by atoms with Gasteiger partial charge in [-0.05, 0) is 24.1 Å². The first-order chi connectivity index (χ1) is 8.26. The summed E-state index contributed by atoms with van der Waals surface area (Å²) in [6.45, 7) is 0.774. The topological polar surface area (TPSA) is 47.6 Å². The molecular formula is C13H19NO3. The average molecular weight is 237 g/mol. The van der Waals surface area contributed by atoms with E-state index in [4.69, 9.17) is 9.47 Å². The molecule has 0 atom stereocenters. The summed E-state index contributed by atoms with van der Waals surface area (Å²) in [7, 11) is 3.46. The van der Waals surface area contributed by atoms with E-state index in [1.807, 2.05) is 31.3 Å². The maximum atomic E-state index is 11.3. The molecular weight excluding hydrogens is 218 g/mol. The Morgan fingerprint density at radius 2 is 1.94 bits per heavy atom. The molecule has 0 amide bonds. The zero-order valence-corrected chi connectivity index (χ0v) is 10.4. The standard InChI is InChI=1S/C13H19NO3/c1-14-12-6-3-11(4-7-12)5-8-13(15)17-10-9-16-2/h3-4,6-7,14H,5,8-10H2,1-2H3. The van der Waals surface area contributed by atoms with Crippen LogP contribution in [0, 0.1) is 0 Å². The number of hydrogen-bond acceptors (Lipinski definition) is 4. The first-order valence-electron chi connectivity index (χ1n) is 5.67. The second-order valence-electron chi connectivity index (χ2n) is 3.66. The molecule has 4 heteroatoms. The van der Waals surface area contributed by atoms with E-state index in [0.29, 0.717) is 26.1 Å². The minimum atomic E-state index is -0.181. The Bertz CT molecular complexity index is 335. The van der Waals surface area contributed by atoms with Crippen LogP contribution in [0.25, 0.3) is 0 Å². The maximum Gasteiger partial charge on any atom is 0.306 e. The van der Waals surface area contributed by atoms with Crippen molar-refractivity contribution < 1.29 is 14.3 Å². The van der Waals surface area contributed by atoms with Gasteiger partial charge >= 0.3 is 5.97 Å². The third kappa shape index (κ3) is 5.36. The largest absolute Gasteiger partial charge is 0.463 e. The molecule has 0 spiro atoms. The van der Waals surface area contributed by atoms with Crippen LogP contribution < -0.4 is 5.32 Å². The summed E-state index contributed by atoms with van der Waals surface area (Å²) in [5, 5.41) is 3.05. The Hall–Kier alpha value is -1.55. The molecule has 0 unspecified atom stereocenters. The molecule has 0 aliphatic carbocycles. The fourth-order valence-electron chi connectivity index (χ4n) is 1.40. The summed E-state index contributed by atoms with van der Waals surface area (Å²) in [4.78, 5) is 11.3. The molecule has 1 N–H and O–H groups in total. The highest BCUT2D eigenvalue weighted by Crippen LogP contribution is 2.10. The predicted octanol–water partition coefficient (Wildman–Crippen LogP) is 1.85. The van der Waals surface area contributed by atoms with Gasteiger partial charge in [0.25, 0.3) is 0 Å². The Kier molecular flexibility index (Phi) is 6.10. The summed E-state index contributed by atoms with van der Waals surface area (Å²) in [5.74, 6) is -0.181. The van der Waals surface area contributed by atoms with Crippen LogP contribution in [-0.2, 0) is 20.7 Å². The van der Waals surface area contributed by atoms with Gasteiger partial charge in [0.05, 0.1) is 6.61 Å². The van der Waals surface area contributed by atoms with Gasteiger partial charge in [-0.2, -0.15) is 0 Å². The molecule has 94 valence electrons. The summed E-state index contributed by atoms with van der Waals surface area (Å²) in [6, 6.07) is 8.00. The van der Waals surface area contributed by atoms with E-state index >= 15 is 0 Å². The number of benzene rings is 1. The fourth-order valence-corrected chi connectivity index (χ4v) is 1.40. The molecule has 1 aromatic rings. The van der Waals surface area contributed by atoms with Gasteiger partial charge in [-0.25, -0.2) is 0 Å². The molecule has 0 heterocycles. The number of hydrogen-bond donors (Lipinski definition) is 1. The Morgan fingerprint density at radius 3 is 2.53 bits per heavy atom. The number of carbonyl (C=O) groups is 1. The van der Waals surface area contributed by atoms with Gasteiger partial charge in [-0.1, -0.05) is 12.1 Å². The molecule has 0 fully saturated rings. The highest BCUT2D eigenvalue weighted by Gasteiger charge is 2.03. The van der Waals surface area contributed by atoms with Crippen LogP contribution in [0.15, 0.2) is 24.3 Å². The lowest BCUT2D eigenvalue weighted by atomic mass is 10.1. The third-order valence-electron chi connectivity index (χ3n) is 2.41. The van der Waals surface area contributed by atoms with Gasteiger partial charge in [-0.3, -0.25) is 4.79 Å². The molecule has 1 aromatic carbocycles. The number of anilines is 1. The Labute approximate surface area is 102 Å². The lowest BCUT2D eigenvalue weighted by Crippen LogP contribution is -2.10. The quantitative estimate of drug-likeness (QED) is 0.581. The Balaban J connectivity index is 2.27. The summed E-state index contributed by atoms with van der Waals surface area (Å²) >= 11 is 0. The predicted molar refractivity (Wildman–Crippen MR) is 67.1 cm³/mol. The van der Waals surface area contributed by atoms with Crippen molar-refractivity contribution in [3.63, 3.8) is 0 Å². The van der Waals surface area contributed by atoms with Crippen molar-refractivity contribution >= 4 is 11.7 Å². The molecule has 0 bridgehead atoms. The van der Waals surface area contributed by atoms with E-state index in [1.54, 1.807) is 7.11 Å². The molecule has 0 radical (unpaired) electrons. The van der Waals surface area contributed by atoms with Crippen molar-refractivity contribution in [2.75, 3.05) is 32.7 Å².